The minimum Gasteiger partial charge on any atom is -0.504 e. The van der Waals surface area contributed by atoms with Crippen molar-refractivity contribution in [3.05, 3.63) is 106 Å². The highest BCUT2D eigenvalue weighted by atomic mass is 16.3. The van der Waals surface area contributed by atoms with Crippen LogP contribution in [0.15, 0.2) is 72.8 Å². The van der Waals surface area contributed by atoms with E-state index in [2.05, 4.69) is 24.3 Å². The number of hydrogen-bond donors (Lipinski definition) is 6. The molecule has 0 amide bonds. The van der Waals surface area contributed by atoms with Gasteiger partial charge in [0.15, 0.2) is 34.5 Å². The van der Waals surface area contributed by atoms with Crippen molar-refractivity contribution in [1.29, 1.82) is 0 Å². The lowest BCUT2D eigenvalue weighted by atomic mass is 9.92. The summed E-state index contributed by atoms with van der Waals surface area (Å²) in [5.74, 6) is -2.31. The predicted molar refractivity (Wildman–Crippen MR) is 138 cm³/mol. The zero-order valence-corrected chi connectivity index (χ0v) is 19.9. The lowest BCUT2D eigenvalue weighted by Crippen LogP contribution is -2.02. The molecule has 0 unspecified atom stereocenters. The van der Waals surface area contributed by atoms with E-state index in [9.17, 15) is 30.6 Å². The summed E-state index contributed by atoms with van der Waals surface area (Å²) in [6.07, 6.45) is 4.38. The van der Waals surface area contributed by atoms with E-state index in [0.29, 0.717) is 12.8 Å². The average molecular weight is 487 g/mol. The van der Waals surface area contributed by atoms with Crippen molar-refractivity contribution in [2.45, 2.75) is 38.5 Å². The molecule has 6 heteroatoms. The first-order valence-electron chi connectivity index (χ1n) is 11.9. The third-order valence-corrected chi connectivity index (χ3v) is 6.53. The molecule has 0 spiro atoms. The van der Waals surface area contributed by atoms with Gasteiger partial charge in [-0.3, -0.25) is 0 Å². The van der Waals surface area contributed by atoms with Gasteiger partial charge in [0.2, 0.25) is 0 Å². The Balaban J connectivity index is 1.42. The smallest absolute Gasteiger partial charge is 0.200 e. The van der Waals surface area contributed by atoms with E-state index in [4.69, 9.17) is 0 Å². The number of benzene rings is 4. The van der Waals surface area contributed by atoms with Crippen molar-refractivity contribution in [1.82, 2.24) is 0 Å². The molecule has 0 atom stereocenters. The van der Waals surface area contributed by atoms with E-state index >= 15 is 0 Å². The van der Waals surface area contributed by atoms with Crippen molar-refractivity contribution < 1.29 is 30.6 Å². The molecule has 0 aliphatic rings. The van der Waals surface area contributed by atoms with Gasteiger partial charge >= 0.3 is 0 Å². The minimum atomic E-state index is -0.503. The standard InChI is InChI=1S/C30H30O6/c31-25-15-19(16-26(32)29(25)35)9-11-21-5-1-3-7-23(21)13-14-24-8-4-2-6-22(24)12-10-20-17-27(33)30(36)28(34)18-20/h1-8,15-18,31-36H,9-14H2. The van der Waals surface area contributed by atoms with E-state index in [1.165, 1.54) is 46.5 Å². The Bertz CT molecular complexity index is 1210. The number of aromatic hydroxyl groups is 6. The van der Waals surface area contributed by atoms with E-state index in [1.54, 1.807) is 0 Å². The second-order valence-corrected chi connectivity index (χ2v) is 9.00. The first-order valence-corrected chi connectivity index (χ1v) is 11.9. The van der Waals surface area contributed by atoms with Gasteiger partial charge in [0.05, 0.1) is 0 Å². The lowest BCUT2D eigenvalue weighted by Gasteiger charge is -2.13. The maximum atomic E-state index is 9.78. The van der Waals surface area contributed by atoms with Gasteiger partial charge in [0.1, 0.15) is 0 Å². The largest absolute Gasteiger partial charge is 0.504 e. The van der Waals surface area contributed by atoms with Crippen LogP contribution in [0.4, 0.5) is 0 Å². The van der Waals surface area contributed by atoms with E-state index < -0.39 is 11.5 Å². The van der Waals surface area contributed by atoms with Crippen molar-refractivity contribution in [3.8, 4) is 34.5 Å². The summed E-state index contributed by atoms with van der Waals surface area (Å²) in [5, 5.41) is 58.2. The van der Waals surface area contributed by atoms with Crippen LogP contribution in [-0.4, -0.2) is 30.6 Å². The zero-order valence-electron chi connectivity index (χ0n) is 19.9. The molecule has 4 rings (SSSR count). The van der Waals surface area contributed by atoms with Crippen LogP contribution < -0.4 is 0 Å². The Hall–Kier alpha value is -4.32. The van der Waals surface area contributed by atoms with E-state index in [-0.39, 0.29) is 23.0 Å². The fourth-order valence-electron chi connectivity index (χ4n) is 4.53. The number of rotatable bonds is 9. The highest BCUT2D eigenvalue weighted by Gasteiger charge is 2.11. The van der Waals surface area contributed by atoms with Crippen molar-refractivity contribution in [2.75, 3.05) is 0 Å². The summed E-state index contributed by atoms with van der Waals surface area (Å²) in [4.78, 5) is 0. The van der Waals surface area contributed by atoms with E-state index in [0.717, 1.165) is 36.8 Å². The van der Waals surface area contributed by atoms with Crippen molar-refractivity contribution in [3.63, 3.8) is 0 Å². The topological polar surface area (TPSA) is 121 Å². The number of phenolic OH excluding ortho intramolecular Hbond substituents is 6. The third kappa shape index (κ3) is 5.84. The molecule has 0 saturated heterocycles. The average Bonchev–Trinajstić information content (AvgIpc) is 2.87. The second kappa shape index (κ2) is 11.0. The molecule has 36 heavy (non-hydrogen) atoms. The first kappa shape index (κ1) is 24.8. The quantitative estimate of drug-likeness (QED) is 0.179. The van der Waals surface area contributed by atoms with Crippen LogP contribution in [0, 0.1) is 0 Å². The Kier molecular flexibility index (Phi) is 7.54. The van der Waals surface area contributed by atoms with Gasteiger partial charge in [-0.1, -0.05) is 48.5 Å². The molecule has 0 radical (unpaired) electrons. The van der Waals surface area contributed by atoms with Crippen LogP contribution in [0.5, 0.6) is 34.5 Å². The Morgan fingerprint density at radius 2 is 0.611 bits per heavy atom. The lowest BCUT2D eigenvalue weighted by molar-refractivity contribution is 0.367. The Morgan fingerprint density at radius 3 is 0.889 bits per heavy atom. The molecule has 0 saturated carbocycles. The molecule has 4 aromatic carbocycles. The van der Waals surface area contributed by atoms with Gasteiger partial charge in [0, 0.05) is 0 Å². The number of phenols is 6. The summed E-state index contributed by atoms with van der Waals surface area (Å²) < 4.78 is 0. The van der Waals surface area contributed by atoms with Gasteiger partial charge in [-0.15, -0.1) is 0 Å². The Morgan fingerprint density at radius 1 is 0.361 bits per heavy atom. The maximum absolute atomic E-state index is 9.78. The van der Waals surface area contributed by atoms with Gasteiger partial charge in [-0.2, -0.15) is 0 Å². The molecule has 186 valence electrons. The number of aryl methyl sites for hydroxylation is 6. The fraction of sp³-hybridized carbons (Fsp3) is 0.200. The van der Waals surface area contributed by atoms with Crippen LogP contribution in [-0.2, 0) is 38.5 Å². The van der Waals surface area contributed by atoms with E-state index in [1.807, 2.05) is 24.3 Å². The third-order valence-electron chi connectivity index (χ3n) is 6.53. The van der Waals surface area contributed by atoms with Crippen LogP contribution in [0.2, 0.25) is 0 Å². The molecule has 4 aromatic rings. The van der Waals surface area contributed by atoms with Crippen LogP contribution in [0.3, 0.4) is 0 Å². The number of hydrogen-bond acceptors (Lipinski definition) is 6. The summed E-state index contributed by atoms with van der Waals surface area (Å²) >= 11 is 0. The second-order valence-electron chi connectivity index (χ2n) is 9.00. The normalized spacial score (nSPS) is 11.0. The Labute approximate surface area is 210 Å². The SMILES string of the molecule is Oc1cc(CCc2ccccc2CCc2ccccc2CCc2cc(O)c(O)c(O)c2)cc(O)c1O. The summed E-state index contributed by atoms with van der Waals surface area (Å²) in [5.41, 5.74) is 6.33. The molecule has 0 aromatic heterocycles. The highest BCUT2D eigenvalue weighted by molar-refractivity contribution is 5.52. The molecule has 0 aliphatic heterocycles. The van der Waals surface area contributed by atoms with Gasteiger partial charge in [-0.25, -0.2) is 0 Å². The van der Waals surface area contributed by atoms with Crippen molar-refractivity contribution >= 4 is 0 Å². The van der Waals surface area contributed by atoms with Gasteiger partial charge in [-0.05, 0) is 96.2 Å². The molecule has 0 heterocycles. The molecular weight excluding hydrogens is 456 g/mol. The molecule has 6 N–H and O–H groups in total. The molecule has 0 bridgehead atoms. The molecular formula is C30H30O6. The first-order chi connectivity index (χ1) is 17.3. The van der Waals surface area contributed by atoms with Gasteiger partial charge in [0.25, 0.3) is 0 Å². The fourth-order valence-corrected chi connectivity index (χ4v) is 4.53. The van der Waals surface area contributed by atoms with Crippen LogP contribution >= 0.6 is 0 Å². The molecule has 0 fully saturated rings. The molecule has 6 nitrogen and oxygen atoms in total. The van der Waals surface area contributed by atoms with Crippen LogP contribution in [0.1, 0.15) is 33.4 Å². The highest BCUT2D eigenvalue weighted by Crippen LogP contribution is 2.36. The van der Waals surface area contributed by atoms with Gasteiger partial charge < -0.3 is 30.6 Å². The summed E-state index contributed by atoms with van der Waals surface area (Å²) in [7, 11) is 0. The minimum absolute atomic E-state index is 0.326. The predicted octanol–water partition coefficient (Wildman–Crippen LogP) is 5.28. The summed E-state index contributed by atoms with van der Waals surface area (Å²) in [6.45, 7) is 0. The zero-order chi connectivity index (χ0) is 25.7. The molecule has 0 aliphatic carbocycles. The monoisotopic (exact) mass is 486 g/mol. The van der Waals surface area contributed by atoms with Crippen LogP contribution in [0.25, 0.3) is 0 Å². The summed E-state index contributed by atoms with van der Waals surface area (Å²) in [6, 6.07) is 22.3. The maximum Gasteiger partial charge on any atom is 0.200 e. The van der Waals surface area contributed by atoms with Crippen molar-refractivity contribution in [2.24, 2.45) is 0 Å².